The minimum absolute atomic E-state index is 0.108. The molecule has 2 rings (SSSR count). The van der Waals surface area contributed by atoms with E-state index in [-0.39, 0.29) is 6.10 Å². The van der Waals surface area contributed by atoms with Gasteiger partial charge in [0.25, 0.3) is 0 Å². The Morgan fingerprint density at radius 2 is 2.08 bits per heavy atom. The third-order valence-electron chi connectivity index (χ3n) is 2.50. The van der Waals surface area contributed by atoms with E-state index >= 15 is 0 Å². The minimum atomic E-state index is -0.108. The summed E-state index contributed by atoms with van der Waals surface area (Å²) in [6, 6.07) is 10.4. The Hall–Kier alpha value is -0.860. The highest BCUT2D eigenvalue weighted by atomic mass is 16.3. The van der Waals surface area contributed by atoms with Crippen molar-refractivity contribution in [3.63, 3.8) is 0 Å². The molecule has 0 amide bonds. The van der Waals surface area contributed by atoms with Crippen LogP contribution < -0.4 is 4.90 Å². The number of aliphatic hydroxyl groups is 1. The molecule has 1 saturated heterocycles. The lowest BCUT2D eigenvalue weighted by Gasteiger charge is -2.04. The maximum absolute atomic E-state index is 9.34. The van der Waals surface area contributed by atoms with Gasteiger partial charge >= 0.3 is 0 Å². The third-order valence-corrected chi connectivity index (χ3v) is 2.50. The van der Waals surface area contributed by atoms with Crippen molar-refractivity contribution in [2.24, 2.45) is 0 Å². The molecule has 1 aliphatic rings. The van der Waals surface area contributed by atoms with E-state index in [1.165, 1.54) is 5.56 Å². The number of hydrogen-bond acceptors (Lipinski definition) is 2. The Balaban J connectivity index is 1.92. The van der Waals surface area contributed by atoms with Gasteiger partial charge in [-0.1, -0.05) is 30.3 Å². The molecule has 1 heterocycles. The van der Waals surface area contributed by atoms with Gasteiger partial charge < -0.3 is 5.11 Å². The Kier molecular flexibility index (Phi) is 2.62. The number of likely N-dealkylation sites (tertiary alicyclic amines) is 1. The highest BCUT2D eigenvalue weighted by molar-refractivity contribution is 5.15. The van der Waals surface area contributed by atoms with E-state index in [0.717, 1.165) is 26.1 Å². The summed E-state index contributed by atoms with van der Waals surface area (Å²) >= 11 is 0. The molecule has 1 N–H and O–H groups in total. The van der Waals surface area contributed by atoms with E-state index in [1.807, 2.05) is 6.07 Å². The number of nitrogens with zero attached hydrogens (tertiary/aromatic N) is 1. The Labute approximate surface area is 78.8 Å². The lowest BCUT2D eigenvalue weighted by atomic mass is 10.2. The van der Waals surface area contributed by atoms with E-state index in [2.05, 4.69) is 29.2 Å². The maximum Gasteiger partial charge on any atom is 0.149 e. The summed E-state index contributed by atoms with van der Waals surface area (Å²) in [6.07, 6.45) is 0.816. The van der Waals surface area contributed by atoms with Gasteiger partial charge in [0.2, 0.25) is 0 Å². The van der Waals surface area contributed by atoms with Crippen LogP contribution >= 0.6 is 0 Å². The van der Waals surface area contributed by atoms with E-state index < -0.39 is 0 Å². The topological polar surface area (TPSA) is 26.1 Å². The van der Waals surface area contributed by atoms with Gasteiger partial charge in [0.1, 0.15) is 25.7 Å². The molecule has 0 bridgehead atoms. The van der Waals surface area contributed by atoms with E-state index in [0.29, 0.717) is 0 Å². The SMILES string of the molecule is OC1CC[N+](Cc2ccccc2)C1. The van der Waals surface area contributed by atoms with Crippen molar-refractivity contribution < 1.29 is 5.11 Å². The highest BCUT2D eigenvalue weighted by Crippen LogP contribution is 2.10. The monoisotopic (exact) mass is 177 g/mol. The zero-order valence-corrected chi connectivity index (χ0v) is 7.69. The predicted octanol–water partition coefficient (Wildman–Crippen LogP) is 1.09. The number of hydrogen-bond donors (Lipinski definition) is 1. The van der Waals surface area contributed by atoms with Crippen molar-refractivity contribution in [2.45, 2.75) is 19.1 Å². The van der Waals surface area contributed by atoms with Crippen LogP contribution in [0.5, 0.6) is 0 Å². The molecule has 69 valence electrons. The first-order valence-electron chi connectivity index (χ1n) is 4.79. The molecule has 0 aromatic heterocycles. The Morgan fingerprint density at radius 1 is 1.31 bits per heavy atom. The first-order valence-corrected chi connectivity index (χ1v) is 4.79. The van der Waals surface area contributed by atoms with Crippen LogP contribution in [0.15, 0.2) is 30.3 Å². The van der Waals surface area contributed by atoms with Crippen LogP contribution in [0.1, 0.15) is 12.0 Å². The molecule has 13 heavy (non-hydrogen) atoms. The number of aliphatic hydroxyl groups excluding tert-OH is 1. The summed E-state index contributed by atoms with van der Waals surface area (Å²) in [4.78, 5) is 2.29. The molecule has 2 heteroatoms. The predicted molar refractivity (Wildman–Crippen MR) is 52.6 cm³/mol. The van der Waals surface area contributed by atoms with Gasteiger partial charge in [-0.05, 0) is 0 Å². The van der Waals surface area contributed by atoms with Crippen molar-refractivity contribution in [1.29, 1.82) is 0 Å². The van der Waals surface area contributed by atoms with Gasteiger partial charge in [-0.25, -0.2) is 0 Å². The summed E-state index contributed by atoms with van der Waals surface area (Å²) in [5, 5.41) is 9.34. The Morgan fingerprint density at radius 3 is 2.69 bits per heavy atom. The van der Waals surface area contributed by atoms with Crippen molar-refractivity contribution in [1.82, 2.24) is 4.90 Å². The van der Waals surface area contributed by atoms with Gasteiger partial charge in [-0.3, -0.25) is 0 Å². The zero-order valence-electron chi connectivity index (χ0n) is 7.69. The van der Waals surface area contributed by atoms with Crippen molar-refractivity contribution in [2.75, 3.05) is 13.1 Å². The highest BCUT2D eigenvalue weighted by Gasteiger charge is 2.28. The summed E-state index contributed by atoms with van der Waals surface area (Å²) in [5.41, 5.74) is 1.33. The fourth-order valence-corrected chi connectivity index (χ4v) is 1.80. The number of rotatable bonds is 2. The van der Waals surface area contributed by atoms with Gasteiger partial charge in [-0.15, -0.1) is 0 Å². The van der Waals surface area contributed by atoms with Gasteiger partial charge in [0.15, 0.2) is 0 Å². The molecule has 0 spiro atoms. The van der Waals surface area contributed by atoms with Crippen LogP contribution in [0.2, 0.25) is 0 Å². The molecule has 0 saturated carbocycles. The molecule has 1 radical (unpaired) electrons. The first kappa shape index (κ1) is 8.73. The normalized spacial score (nSPS) is 23.6. The second kappa shape index (κ2) is 3.90. The van der Waals surface area contributed by atoms with Gasteiger partial charge in [0, 0.05) is 12.0 Å². The zero-order chi connectivity index (χ0) is 9.10. The fraction of sp³-hybridized carbons (Fsp3) is 0.455. The molecule has 1 unspecified atom stereocenters. The molecule has 0 aliphatic carbocycles. The van der Waals surface area contributed by atoms with Crippen LogP contribution in [0.4, 0.5) is 0 Å². The molecular weight excluding hydrogens is 162 g/mol. The summed E-state index contributed by atoms with van der Waals surface area (Å²) in [6.45, 7) is 2.82. The molecule has 1 fully saturated rings. The summed E-state index contributed by atoms with van der Waals surface area (Å²) < 4.78 is 0. The van der Waals surface area contributed by atoms with E-state index in [4.69, 9.17) is 0 Å². The van der Waals surface area contributed by atoms with Crippen molar-refractivity contribution >= 4 is 0 Å². The van der Waals surface area contributed by atoms with Crippen LogP contribution in [0, 0.1) is 0 Å². The van der Waals surface area contributed by atoms with Crippen LogP contribution in [0.3, 0.4) is 0 Å². The maximum atomic E-state index is 9.34. The lowest BCUT2D eigenvalue weighted by molar-refractivity contribution is 0.189. The minimum Gasteiger partial charge on any atom is -0.387 e. The van der Waals surface area contributed by atoms with E-state index in [1.54, 1.807) is 0 Å². The number of benzene rings is 1. The van der Waals surface area contributed by atoms with Gasteiger partial charge in [0.05, 0.1) is 0 Å². The van der Waals surface area contributed by atoms with Crippen LogP contribution in [-0.4, -0.2) is 24.3 Å². The van der Waals surface area contributed by atoms with E-state index in [9.17, 15) is 5.11 Å². The lowest BCUT2D eigenvalue weighted by Crippen LogP contribution is -2.27. The molecule has 1 aromatic carbocycles. The second-order valence-electron chi connectivity index (χ2n) is 3.66. The quantitative estimate of drug-likeness (QED) is 0.672. The van der Waals surface area contributed by atoms with Crippen LogP contribution in [-0.2, 0) is 6.54 Å². The largest absolute Gasteiger partial charge is 0.387 e. The summed E-state index contributed by atoms with van der Waals surface area (Å²) in [5.74, 6) is 0. The van der Waals surface area contributed by atoms with Crippen LogP contribution in [0.25, 0.3) is 0 Å². The first-order chi connectivity index (χ1) is 6.34. The van der Waals surface area contributed by atoms with Crippen molar-refractivity contribution in [3.05, 3.63) is 35.9 Å². The van der Waals surface area contributed by atoms with Gasteiger partial charge in [-0.2, -0.15) is 4.90 Å². The average Bonchev–Trinajstić information content (AvgIpc) is 2.53. The molecule has 1 atom stereocenters. The number of β-amino-alcohol motifs (C(OH)–C–C–N with tert-alkyl or cyclic N) is 1. The molecule has 1 aliphatic heterocycles. The standard InChI is InChI=1S/C11H15NO/c13-11-6-7-12(9-11)8-10-4-2-1-3-5-10/h1-5,11,13H,6-9H2/q+1. The second-order valence-corrected chi connectivity index (χ2v) is 3.66. The molecule has 2 nitrogen and oxygen atoms in total. The summed E-state index contributed by atoms with van der Waals surface area (Å²) in [7, 11) is 0. The molecule has 1 aromatic rings. The van der Waals surface area contributed by atoms with Crippen molar-refractivity contribution in [3.8, 4) is 0 Å². The fourth-order valence-electron chi connectivity index (χ4n) is 1.80. The Bertz CT molecular complexity index is 260. The molecular formula is C11H15NO+. The average molecular weight is 177 g/mol. The third kappa shape index (κ3) is 2.29. The smallest absolute Gasteiger partial charge is 0.149 e.